The zero-order chi connectivity index (χ0) is 29.5. The number of aryl methyl sites for hydroxylation is 1. The van der Waals surface area contributed by atoms with Gasteiger partial charge in [-0.15, -0.1) is 0 Å². The Kier molecular flexibility index (Phi) is 12.5. The van der Waals surface area contributed by atoms with E-state index in [9.17, 15) is 14.4 Å². The molecule has 7 nitrogen and oxygen atoms in total. The number of carbonyl (C=O) groups excluding carboxylic acids is 3. The average Bonchev–Trinajstić information content (AvgIpc) is 3.00. The van der Waals surface area contributed by atoms with E-state index in [1.807, 2.05) is 24.3 Å². The molecular weight excluding hydrogens is 520 g/mol. The smallest absolute Gasteiger partial charge is 0.338 e. The number of benzene rings is 3. The molecule has 7 heteroatoms. The lowest BCUT2D eigenvalue weighted by atomic mass is 9.98. The minimum atomic E-state index is -0.479. The van der Waals surface area contributed by atoms with E-state index in [0.29, 0.717) is 42.1 Å². The van der Waals surface area contributed by atoms with Crippen LogP contribution in [0.5, 0.6) is 11.5 Å². The van der Waals surface area contributed by atoms with Gasteiger partial charge in [0.05, 0.1) is 32.5 Å². The number of methoxy groups -OCH3 is 1. The Hall–Kier alpha value is -4.57. The van der Waals surface area contributed by atoms with Crippen LogP contribution in [-0.4, -0.2) is 44.7 Å². The van der Waals surface area contributed by atoms with E-state index in [4.69, 9.17) is 18.9 Å². The van der Waals surface area contributed by atoms with Gasteiger partial charge in [0.2, 0.25) is 0 Å². The number of esters is 2. The molecule has 0 heterocycles. The van der Waals surface area contributed by atoms with Gasteiger partial charge in [0, 0.05) is 29.5 Å². The van der Waals surface area contributed by atoms with Crippen LogP contribution in [0.25, 0.3) is 0 Å². The lowest BCUT2D eigenvalue weighted by Gasteiger charge is -2.13. The summed E-state index contributed by atoms with van der Waals surface area (Å²) in [6, 6.07) is 19.3. The molecule has 0 aliphatic rings. The molecule has 3 aromatic carbocycles. The molecule has 0 aliphatic heterocycles. The standard InChI is InChI=1S/C34H36O7/c1-4-39-32(35)21-17-26-23-28(33(36)27-12-10-13-29(24-27)34(37)40-5-2)16-20-31(26)41-22-9-7-6-8-11-25-14-18-30(38-3)19-15-25/h10,12-16,18-20,23-24H,4-7,9,17,21-22H2,1-3H3. The molecule has 0 bridgehead atoms. The highest BCUT2D eigenvalue weighted by atomic mass is 16.5. The van der Waals surface area contributed by atoms with Crippen LogP contribution in [0.2, 0.25) is 0 Å². The van der Waals surface area contributed by atoms with E-state index in [1.165, 1.54) is 6.07 Å². The summed E-state index contributed by atoms with van der Waals surface area (Å²) in [6.07, 6.45) is 2.95. The average molecular weight is 557 g/mol. The third-order valence-corrected chi connectivity index (χ3v) is 6.14. The summed E-state index contributed by atoms with van der Waals surface area (Å²) < 4.78 is 21.3. The molecule has 0 saturated heterocycles. The van der Waals surface area contributed by atoms with Crippen molar-refractivity contribution in [3.05, 3.63) is 94.5 Å². The van der Waals surface area contributed by atoms with Crippen molar-refractivity contribution in [1.82, 2.24) is 0 Å². The Morgan fingerprint density at radius 1 is 0.805 bits per heavy atom. The summed E-state index contributed by atoms with van der Waals surface area (Å²) in [6.45, 7) is 4.52. The number of carbonyl (C=O) groups is 3. The maximum atomic E-state index is 13.3. The predicted octanol–water partition coefficient (Wildman–Crippen LogP) is 6.20. The van der Waals surface area contributed by atoms with E-state index in [-0.39, 0.29) is 24.8 Å². The SMILES string of the molecule is CCOC(=O)CCc1cc(C(=O)c2cccc(C(=O)OCC)c2)ccc1OCCCCC#Cc1ccc(OC)cc1. The fourth-order valence-electron chi connectivity index (χ4n) is 4.03. The molecule has 0 radical (unpaired) electrons. The van der Waals surface area contributed by atoms with Crippen molar-refractivity contribution in [2.24, 2.45) is 0 Å². The van der Waals surface area contributed by atoms with Crippen LogP contribution < -0.4 is 9.47 Å². The molecule has 41 heavy (non-hydrogen) atoms. The predicted molar refractivity (Wildman–Crippen MR) is 156 cm³/mol. The molecule has 0 N–H and O–H groups in total. The third-order valence-electron chi connectivity index (χ3n) is 6.14. The number of ketones is 1. The Morgan fingerprint density at radius 3 is 2.27 bits per heavy atom. The molecule has 0 aliphatic carbocycles. The second-order valence-corrected chi connectivity index (χ2v) is 9.09. The van der Waals surface area contributed by atoms with Crippen LogP contribution in [0.15, 0.2) is 66.7 Å². The molecule has 0 amide bonds. The second kappa shape index (κ2) is 16.5. The maximum Gasteiger partial charge on any atom is 0.338 e. The van der Waals surface area contributed by atoms with E-state index < -0.39 is 5.97 Å². The molecule has 3 rings (SSSR count). The molecular formula is C34H36O7. The number of hydrogen-bond acceptors (Lipinski definition) is 7. The molecule has 0 atom stereocenters. The summed E-state index contributed by atoms with van der Waals surface area (Å²) >= 11 is 0. The summed E-state index contributed by atoms with van der Waals surface area (Å²) in [5.41, 5.74) is 2.80. The normalized spacial score (nSPS) is 10.2. The van der Waals surface area contributed by atoms with E-state index >= 15 is 0 Å². The van der Waals surface area contributed by atoms with Gasteiger partial charge in [0.15, 0.2) is 5.78 Å². The lowest BCUT2D eigenvalue weighted by molar-refractivity contribution is -0.143. The Morgan fingerprint density at radius 2 is 1.54 bits per heavy atom. The number of hydrogen-bond donors (Lipinski definition) is 0. The van der Waals surface area contributed by atoms with Crippen LogP contribution in [-0.2, 0) is 20.7 Å². The Bertz CT molecular complexity index is 1380. The van der Waals surface area contributed by atoms with Crippen molar-refractivity contribution in [1.29, 1.82) is 0 Å². The Labute approximate surface area is 241 Å². The first-order chi connectivity index (χ1) is 19.9. The topological polar surface area (TPSA) is 88.1 Å². The number of ether oxygens (including phenoxy) is 4. The van der Waals surface area contributed by atoms with E-state index in [2.05, 4.69) is 11.8 Å². The maximum absolute atomic E-state index is 13.3. The molecule has 0 spiro atoms. The minimum absolute atomic E-state index is 0.168. The monoisotopic (exact) mass is 556 g/mol. The lowest BCUT2D eigenvalue weighted by Crippen LogP contribution is -2.09. The number of unbranched alkanes of at least 4 members (excludes halogenated alkanes) is 2. The molecule has 0 fully saturated rings. The molecule has 0 saturated carbocycles. The van der Waals surface area contributed by atoms with Crippen molar-refractivity contribution >= 4 is 17.7 Å². The van der Waals surface area contributed by atoms with Crippen LogP contribution in [0, 0.1) is 11.8 Å². The minimum Gasteiger partial charge on any atom is -0.497 e. The van der Waals surface area contributed by atoms with Gasteiger partial charge in [-0.2, -0.15) is 0 Å². The first-order valence-corrected chi connectivity index (χ1v) is 13.8. The van der Waals surface area contributed by atoms with Crippen LogP contribution in [0.1, 0.15) is 76.9 Å². The number of rotatable bonds is 14. The van der Waals surface area contributed by atoms with E-state index in [1.54, 1.807) is 57.4 Å². The molecule has 0 aromatic heterocycles. The highest BCUT2D eigenvalue weighted by Crippen LogP contribution is 2.24. The van der Waals surface area contributed by atoms with Crippen molar-refractivity contribution in [2.75, 3.05) is 26.9 Å². The van der Waals surface area contributed by atoms with Gasteiger partial charge >= 0.3 is 11.9 Å². The molecule has 3 aromatic rings. The summed E-state index contributed by atoms with van der Waals surface area (Å²) in [7, 11) is 1.63. The van der Waals surface area contributed by atoms with Gasteiger partial charge < -0.3 is 18.9 Å². The summed E-state index contributed by atoms with van der Waals surface area (Å²) in [5.74, 6) is 6.72. The quantitative estimate of drug-likeness (QED) is 0.101. The van der Waals surface area contributed by atoms with Crippen LogP contribution in [0.4, 0.5) is 0 Å². The van der Waals surface area contributed by atoms with Gasteiger partial charge in [-0.3, -0.25) is 9.59 Å². The first-order valence-electron chi connectivity index (χ1n) is 13.8. The first kappa shape index (κ1) is 31.0. The second-order valence-electron chi connectivity index (χ2n) is 9.09. The van der Waals surface area contributed by atoms with Gasteiger partial charge in [-0.1, -0.05) is 24.0 Å². The third kappa shape index (κ3) is 9.84. The summed E-state index contributed by atoms with van der Waals surface area (Å²) in [4.78, 5) is 37.4. The van der Waals surface area contributed by atoms with Crippen molar-refractivity contribution in [3.8, 4) is 23.3 Å². The van der Waals surface area contributed by atoms with Crippen LogP contribution >= 0.6 is 0 Å². The zero-order valence-electron chi connectivity index (χ0n) is 23.9. The van der Waals surface area contributed by atoms with E-state index in [0.717, 1.165) is 36.1 Å². The largest absolute Gasteiger partial charge is 0.497 e. The fourth-order valence-corrected chi connectivity index (χ4v) is 4.03. The zero-order valence-corrected chi connectivity index (χ0v) is 23.9. The summed E-state index contributed by atoms with van der Waals surface area (Å²) in [5, 5.41) is 0. The van der Waals surface area contributed by atoms with Crippen molar-refractivity contribution in [2.45, 2.75) is 46.0 Å². The fraction of sp³-hybridized carbons (Fsp3) is 0.324. The Balaban J connectivity index is 1.64. The van der Waals surface area contributed by atoms with Crippen molar-refractivity contribution < 1.29 is 33.3 Å². The highest BCUT2D eigenvalue weighted by Gasteiger charge is 2.16. The van der Waals surface area contributed by atoms with Gasteiger partial charge in [0.25, 0.3) is 0 Å². The molecule has 214 valence electrons. The van der Waals surface area contributed by atoms with Gasteiger partial charge in [0.1, 0.15) is 11.5 Å². The van der Waals surface area contributed by atoms with Gasteiger partial charge in [-0.05, 0) is 93.3 Å². The van der Waals surface area contributed by atoms with Gasteiger partial charge in [-0.25, -0.2) is 4.79 Å². The highest BCUT2D eigenvalue weighted by molar-refractivity contribution is 6.10. The van der Waals surface area contributed by atoms with Crippen LogP contribution in [0.3, 0.4) is 0 Å². The molecule has 0 unspecified atom stereocenters. The van der Waals surface area contributed by atoms with Crippen molar-refractivity contribution in [3.63, 3.8) is 0 Å².